The Hall–Kier alpha value is -4.39. The molecule has 3 aromatic carbocycles. The number of carbonyl (C=O) groups is 2. The molecule has 7 nitrogen and oxygen atoms in total. The van der Waals surface area contributed by atoms with Crippen LogP contribution >= 0.6 is 0 Å². The molecule has 0 saturated carbocycles. The van der Waals surface area contributed by atoms with Crippen molar-refractivity contribution in [3.05, 3.63) is 88.1 Å². The summed E-state index contributed by atoms with van der Waals surface area (Å²) in [5.41, 5.74) is 2.43. The van der Waals surface area contributed by atoms with Crippen LogP contribution in [0.25, 0.3) is 22.3 Å². The van der Waals surface area contributed by atoms with Crippen LogP contribution < -0.4 is 20.8 Å². The van der Waals surface area contributed by atoms with Gasteiger partial charge in [-0.05, 0) is 44.2 Å². The minimum absolute atomic E-state index is 0.187. The maximum absolute atomic E-state index is 13.2. The van der Waals surface area contributed by atoms with E-state index in [1.807, 2.05) is 30.3 Å². The van der Waals surface area contributed by atoms with Crippen molar-refractivity contribution in [2.24, 2.45) is 0 Å². The fourth-order valence-corrected chi connectivity index (χ4v) is 3.84. The second-order valence-corrected chi connectivity index (χ2v) is 7.85. The summed E-state index contributed by atoms with van der Waals surface area (Å²) in [7, 11) is 0. The summed E-state index contributed by atoms with van der Waals surface area (Å²) in [4.78, 5) is 38.1. The van der Waals surface area contributed by atoms with Crippen LogP contribution in [0.3, 0.4) is 0 Å². The van der Waals surface area contributed by atoms with Gasteiger partial charge in [-0.2, -0.15) is 0 Å². The fourth-order valence-electron chi connectivity index (χ4n) is 3.84. The SMILES string of the molecule is Cc1c(-c2ccccc2)oc2c(C(=O)Nc3ccc4c(c3)NC(=O)C(C)O4)cccc2c1=O. The molecular formula is C26H20N2O5. The molecule has 4 aromatic rings. The molecule has 0 spiro atoms. The maximum Gasteiger partial charge on any atom is 0.265 e. The number of amides is 2. The summed E-state index contributed by atoms with van der Waals surface area (Å²) in [5, 5.41) is 5.90. The summed E-state index contributed by atoms with van der Waals surface area (Å²) in [6.45, 7) is 3.37. The van der Waals surface area contributed by atoms with Gasteiger partial charge in [0, 0.05) is 16.8 Å². The average molecular weight is 440 g/mol. The van der Waals surface area contributed by atoms with Crippen LogP contribution in [0.4, 0.5) is 11.4 Å². The third-order valence-corrected chi connectivity index (χ3v) is 5.59. The first-order chi connectivity index (χ1) is 15.9. The van der Waals surface area contributed by atoms with Gasteiger partial charge in [-0.25, -0.2) is 0 Å². The van der Waals surface area contributed by atoms with Gasteiger partial charge < -0.3 is 19.8 Å². The first kappa shape index (κ1) is 20.5. The number of nitrogens with one attached hydrogen (secondary N) is 2. The Morgan fingerprint density at radius 1 is 1.00 bits per heavy atom. The lowest BCUT2D eigenvalue weighted by atomic mass is 10.0. The molecule has 2 N–H and O–H groups in total. The highest BCUT2D eigenvalue weighted by Crippen LogP contribution is 2.33. The van der Waals surface area contributed by atoms with Gasteiger partial charge in [-0.1, -0.05) is 36.4 Å². The van der Waals surface area contributed by atoms with Crippen molar-refractivity contribution in [3.63, 3.8) is 0 Å². The minimum Gasteiger partial charge on any atom is -0.479 e. The van der Waals surface area contributed by atoms with Crippen molar-refractivity contribution in [1.29, 1.82) is 0 Å². The zero-order valence-electron chi connectivity index (χ0n) is 18.0. The van der Waals surface area contributed by atoms with Gasteiger partial charge >= 0.3 is 0 Å². The Morgan fingerprint density at radius 2 is 1.79 bits per heavy atom. The van der Waals surface area contributed by atoms with E-state index in [2.05, 4.69) is 10.6 Å². The summed E-state index contributed by atoms with van der Waals surface area (Å²) in [6.07, 6.45) is -0.584. The second kappa shape index (κ2) is 7.94. The fraction of sp³-hybridized carbons (Fsp3) is 0.115. The van der Waals surface area contributed by atoms with Crippen molar-refractivity contribution in [3.8, 4) is 17.1 Å². The number of para-hydroxylation sites is 1. The zero-order chi connectivity index (χ0) is 23.1. The maximum atomic E-state index is 13.2. The third kappa shape index (κ3) is 3.63. The van der Waals surface area contributed by atoms with Crippen LogP contribution in [0.2, 0.25) is 0 Å². The highest BCUT2D eigenvalue weighted by atomic mass is 16.5. The van der Waals surface area contributed by atoms with Crippen molar-refractivity contribution in [1.82, 2.24) is 0 Å². The zero-order valence-corrected chi connectivity index (χ0v) is 18.0. The minimum atomic E-state index is -0.584. The summed E-state index contributed by atoms with van der Waals surface area (Å²) >= 11 is 0. The Labute approximate surface area is 189 Å². The summed E-state index contributed by atoms with van der Waals surface area (Å²) in [5.74, 6) is 0.254. The number of ether oxygens (including phenoxy) is 1. The molecule has 0 fully saturated rings. The first-order valence-corrected chi connectivity index (χ1v) is 10.5. The molecule has 1 aliphatic heterocycles. The van der Waals surface area contributed by atoms with Gasteiger partial charge in [-0.3, -0.25) is 14.4 Å². The van der Waals surface area contributed by atoms with Gasteiger partial charge in [0.1, 0.15) is 11.5 Å². The van der Waals surface area contributed by atoms with Crippen molar-refractivity contribution >= 4 is 34.2 Å². The molecule has 1 aliphatic rings. The molecule has 0 bridgehead atoms. The second-order valence-electron chi connectivity index (χ2n) is 7.85. The molecule has 5 rings (SSSR count). The summed E-state index contributed by atoms with van der Waals surface area (Å²) < 4.78 is 11.7. The Kier molecular flexibility index (Phi) is 4.94. The lowest BCUT2D eigenvalue weighted by Gasteiger charge is -2.23. The summed E-state index contributed by atoms with van der Waals surface area (Å²) in [6, 6.07) is 19.2. The van der Waals surface area contributed by atoms with Gasteiger partial charge in [-0.15, -0.1) is 0 Å². The predicted molar refractivity (Wildman–Crippen MR) is 126 cm³/mol. The number of hydrogen-bond donors (Lipinski definition) is 2. The van der Waals surface area contributed by atoms with E-state index in [0.717, 1.165) is 5.56 Å². The molecule has 0 radical (unpaired) electrons. The van der Waals surface area contributed by atoms with Crippen molar-refractivity contribution < 1.29 is 18.7 Å². The van der Waals surface area contributed by atoms with Crippen LogP contribution in [0.15, 0.2) is 75.9 Å². The van der Waals surface area contributed by atoms with Crippen LogP contribution in [0.1, 0.15) is 22.8 Å². The van der Waals surface area contributed by atoms with Crippen LogP contribution in [-0.2, 0) is 4.79 Å². The normalized spacial score (nSPS) is 14.8. The lowest BCUT2D eigenvalue weighted by molar-refractivity contribution is -0.122. The molecule has 0 saturated heterocycles. The molecule has 0 aliphatic carbocycles. The van der Waals surface area contributed by atoms with E-state index < -0.39 is 12.0 Å². The van der Waals surface area contributed by atoms with E-state index in [9.17, 15) is 14.4 Å². The first-order valence-electron chi connectivity index (χ1n) is 10.5. The molecule has 2 amide bonds. The van der Waals surface area contributed by atoms with Crippen LogP contribution in [0, 0.1) is 6.92 Å². The predicted octanol–water partition coefficient (Wildman–Crippen LogP) is 4.74. The van der Waals surface area contributed by atoms with E-state index in [1.165, 1.54) is 0 Å². The van der Waals surface area contributed by atoms with Crippen molar-refractivity contribution in [2.75, 3.05) is 10.6 Å². The smallest absolute Gasteiger partial charge is 0.265 e. The van der Waals surface area contributed by atoms with E-state index in [4.69, 9.17) is 9.15 Å². The molecule has 7 heteroatoms. The monoisotopic (exact) mass is 440 g/mol. The molecule has 1 unspecified atom stereocenters. The van der Waals surface area contributed by atoms with Gasteiger partial charge in [0.15, 0.2) is 17.1 Å². The average Bonchev–Trinajstić information content (AvgIpc) is 2.82. The third-order valence-electron chi connectivity index (χ3n) is 5.59. The molecule has 1 aromatic heterocycles. The van der Waals surface area contributed by atoms with Gasteiger partial charge in [0.05, 0.1) is 16.6 Å². The highest BCUT2D eigenvalue weighted by Gasteiger charge is 2.24. The molecule has 1 atom stereocenters. The Bertz CT molecular complexity index is 1470. The Morgan fingerprint density at radius 3 is 2.58 bits per heavy atom. The molecule has 164 valence electrons. The standard InChI is InChI=1S/C26H20N2O5/c1-14-22(29)18-9-6-10-19(24(18)33-23(14)16-7-4-3-5-8-16)26(31)27-17-11-12-21-20(13-17)28-25(30)15(2)32-21/h3-13,15H,1-2H3,(H,27,31)(H,28,30). The quantitative estimate of drug-likeness (QED) is 0.480. The topological polar surface area (TPSA) is 97.6 Å². The number of benzene rings is 3. The van der Waals surface area contributed by atoms with Gasteiger partial charge in [0.2, 0.25) is 0 Å². The van der Waals surface area contributed by atoms with E-state index >= 15 is 0 Å². The van der Waals surface area contributed by atoms with Crippen molar-refractivity contribution in [2.45, 2.75) is 20.0 Å². The number of fused-ring (bicyclic) bond motifs is 2. The van der Waals surface area contributed by atoms with E-state index in [0.29, 0.717) is 33.8 Å². The van der Waals surface area contributed by atoms with E-state index in [1.54, 1.807) is 50.2 Å². The van der Waals surface area contributed by atoms with E-state index in [-0.39, 0.29) is 22.5 Å². The lowest BCUT2D eigenvalue weighted by Crippen LogP contribution is -2.34. The Balaban J connectivity index is 1.54. The number of hydrogen-bond acceptors (Lipinski definition) is 5. The largest absolute Gasteiger partial charge is 0.479 e. The van der Waals surface area contributed by atoms with Crippen LogP contribution in [0.5, 0.6) is 5.75 Å². The number of carbonyl (C=O) groups excluding carboxylic acids is 2. The molecule has 2 heterocycles. The highest BCUT2D eigenvalue weighted by molar-refractivity contribution is 6.12. The van der Waals surface area contributed by atoms with Crippen LogP contribution in [-0.4, -0.2) is 17.9 Å². The molecular weight excluding hydrogens is 420 g/mol. The number of rotatable bonds is 3. The molecule has 33 heavy (non-hydrogen) atoms. The number of anilines is 2. The van der Waals surface area contributed by atoms with Gasteiger partial charge in [0.25, 0.3) is 11.8 Å².